The maximum atomic E-state index is 11.4. The van der Waals surface area contributed by atoms with Crippen LogP contribution in [0.1, 0.15) is 45.4 Å². The summed E-state index contributed by atoms with van der Waals surface area (Å²) in [6.45, 7) is 2.86. The molecule has 1 heterocycles. The van der Waals surface area contributed by atoms with E-state index in [1.54, 1.807) is 0 Å². The molecule has 0 N–H and O–H groups in total. The molecule has 0 spiro atoms. The average Bonchev–Trinajstić information content (AvgIpc) is 2.26. The number of hydrogen-bond acceptors (Lipinski definition) is 3. The molecule has 4 heteroatoms. The second kappa shape index (κ2) is 7.39. The third-order valence-corrected chi connectivity index (χ3v) is 2.79. The van der Waals surface area contributed by atoms with E-state index in [9.17, 15) is 9.59 Å². The van der Waals surface area contributed by atoms with Crippen molar-refractivity contribution in [3.63, 3.8) is 0 Å². The first-order valence-electron chi connectivity index (χ1n) is 6.16. The van der Waals surface area contributed by atoms with E-state index < -0.39 is 0 Å². The number of carbonyl (C=O) groups excluding carboxylic acids is 2. The summed E-state index contributed by atoms with van der Waals surface area (Å²) < 4.78 is 4.84. The number of nitrogens with zero attached hydrogens (tertiary/aromatic N) is 1. The van der Waals surface area contributed by atoms with E-state index in [1.807, 2.05) is 0 Å². The van der Waals surface area contributed by atoms with Gasteiger partial charge in [0.2, 0.25) is 0 Å². The first-order chi connectivity index (χ1) is 7.75. The summed E-state index contributed by atoms with van der Waals surface area (Å²) in [5, 5.41) is 0. The molecule has 0 aromatic rings. The lowest BCUT2D eigenvalue weighted by Gasteiger charge is -2.24. The predicted molar refractivity (Wildman–Crippen MR) is 60.9 cm³/mol. The Morgan fingerprint density at radius 3 is 2.19 bits per heavy atom. The van der Waals surface area contributed by atoms with Crippen LogP contribution in [0, 0.1) is 0 Å². The highest BCUT2D eigenvalue weighted by molar-refractivity contribution is 5.98. The van der Waals surface area contributed by atoms with Crippen LogP contribution in [0.15, 0.2) is 0 Å². The van der Waals surface area contributed by atoms with E-state index in [2.05, 4.69) is 6.92 Å². The van der Waals surface area contributed by atoms with Crippen LogP contribution in [0.2, 0.25) is 0 Å². The van der Waals surface area contributed by atoms with E-state index >= 15 is 0 Å². The summed E-state index contributed by atoms with van der Waals surface area (Å²) in [5.74, 6) is -0.380. The van der Waals surface area contributed by atoms with Crippen molar-refractivity contribution in [3.8, 4) is 0 Å². The summed E-state index contributed by atoms with van der Waals surface area (Å²) in [6, 6.07) is 0. The van der Waals surface area contributed by atoms with Gasteiger partial charge < -0.3 is 4.74 Å². The van der Waals surface area contributed by atoms with Crippen molar-refractivity contribution in [2.75, 3.05) is 19.8 Å². The molecule has 0 atom stereocenters. The first-order valence-corrected chi connectivity index (χ1v) is 6.16. The maximum Gasteiger partial charge on any atom is 0.255 e. The fourth-order valence-corrected chi connectivity index (χ4v) is 1.82. The highest BCUT2D eigenvalue weighted by atomic mass is 16.5. The fourth-order valence-electron chi connectivity index (χ4n) is 1.82. The van der Waals surface area contributed by atoms with Gasteiger partial charge in [-0.25, -0.2) is 0 Å². The second-order valence-corrected chi connectivity index (χ2v) is 4.20. The molecular weight excluding hydrogens is 206 g/mol. The highest BCUT2D eigenvalue weighted by Gasteiger charge is 2.25. The quantitative estimate of drug-likeness (QED) is 0.491. The van der Waals surface area contributed by atoms with Crippen molar-refractivity contribution in [2.24, 2.45) is 0 Å². The molecule has 0 unspecified atom stereocenters. The van der Waals surface area contributed by atoms with Crippen molar-refractivity contribution in [3.05, 3.63) is 0 Å². The zero-order chi connectivity index (χ0) is 11.8. The summed E-state index contributed by atoms with van der Waals surface area (Å²) in [4.78, 5) is 24.0. The standard InChI is InChI=1S/C12H21NO3/c1-2-3-4-5-6-7-8-13-11(14)9-16-10-12(13)15/h2-10H2,1H3. The molecule has 0 bridgehead atoms. The van der Waals surface area contributed by atoms with Crippen molar-refractivity contribution in [2.45, 2.75) is 45.4 Å². The minimum absolute atomic E-state index is 0.0571. The van der Waals surface area contributed by atoms with Gasteiger partial charge in [0.05, 0.1) is 0 Å². The minimum atomic E-state index is -0.190. The molecule has 1 saturated heterocycles. The molecule has 92 valence electrons. The van der Waals surface area contributed by atoms with Gasteiger partial charge in [-0.2, -0.15) is 0 Å². The lowest BCUT2D eigenvalue weighted by Crippen LogP contribution is -2.46. The first kappa shape index (κ1) is 13.2. The lowest BCUT2D eigenvalue weighted by molar-refractivity contribution is -0.158. The van der Waals surface area contributed by atoms with Gasteiger partial charge in [-0.05, 0) is 6.42 Å². The van der Waals surface area contributed by atoms with Crippen LogP contribution in [-0.4, -0.2) is 36.5 Å². The molecule has 1 aliphatic rings. The Morgan fingerprint density at radius 2 is 1.56 bits per heavy atom. The van der Waals surface area contributed by atoms with Gasteiger partial charge in [-0.3, -0.25) is 14.5 Å². The van der Waals surface area contributed by atoms with Crippen LogP contribution < -0.4 is 0 Å². The van der Waals surface area contributed by atoms with Crippen LogP contribution in [-0.2, 0) is 14.3 Å². The van der Waals surface area contributed by atoms with Gasteiger partial charge in [-0.1, -0.05) is 39.0 Å². The normalized spacial score (nSPS) is 16.9. The summed E-state index contributed by atoms with van der Waals surface area (Å²) in [6.07, 6.45) is 6.97. The van der Waals surface area contributed by atoms with Gasteiger partial charge >= 0.3 is 0 Å². The number of unbranched alkanes of at least 4 members (excludes halogenated alkanes) is 5. The summed E-state index contributed by atoms with van der Waals surface area (Å²) in [5.41, 5.74) is 0. The third kappa shape index (κ3) is 4.31. The van der Waals surface area contributed by atoms with Gasteiger partial charge in [0.15, 0.2) is 0 Å². The largest absolute Gasteiger partial charge is 0.362 e. The van der Waals surface area contributed by atoms with Crippen molar-refractivity contribution >= 4 is 11.8 Å². The molecule has 0 radical (unpaired) electrons. The Morgan fingerprint density at radius 1 is 1.00 bits per heavy atom. The molecule has 0 aromatic heterocycles. The van der Waals surface area contributed by atoms with Crippen molar-refractivity contribution in [1.82, 2.24) is 4.90 Å². The SMILES string of the molecule is CCCCCCCCN1C(=O)COCC1=O. The van der Waals surface area contributed by atoms with Crippen LogP contribution in [0.4, 0.5) is 0 Å². The Bertz CT molecular complexity index is 224. The van der Waals surface area contributed by atoms with Gasteiger partial charge in [0, 0.05) is 6.54 Å². The van der Waals surface area contributed by atoms with Crippen molar-refractivity contribution < 1.29 is 14.3 Å². The monoisotopic (exact) mass is 227 g/mol. The Labute approximate surface area is 96.9 Å². The second-order valence-electron chi connectivity index (χ2n) is 4.20. The number of hydrogen-bond donors (Lipinski definition) is 0. The molecular formula is C12H21NO3. The van der Waals surface area contributed by atoms with Gasteiger partial charge in [-0.15, -0.1) is 0 Å². The predicted octanol–water partition coefficient (Wildman–Crippen LogP) is 1.73. The number of amides is 2. The molecule has 0 aliphatic carbocycles. The smallest absolute Gasteiger partial charge is 0.255 e. The number of carbonyl (C=O) groups is 2. The number of imide groups is 1. The fraction of sp³-hybridized carbons (Fsp3) is 0.833. The summed E-state index contributed by atoms with van der Waals surface area (Å²) in [7, 11) is 0. The molecule has 1 aliphatic heterocycles. The molecule has 16 heavy (non-hydrogen) atoms. The molecule has 1 rings (SSSR count). The van der Waals surface area contributed by atoms with E-state index in [0.29, 0.717) is 6.54 Å². The molecule has 4 nitrogen and oxygen atoms in total. The molecule has 2 amide bonds. The highest BCUT2D eigenvalue weighted by Crippen LogP contribution is 2.08. The average molecular weight is 227 g/mol. The van der Waals surface area contributed by atoms with Crippen LogP contribution in [0.25, 0.3) is 0 Å². The molecule has 0 aromatic carbocycles. The molecule has 1 fully saturated rings. The zero-order valence-corrected chi connectivity index (χ0v) is 10.0. The lowest BCUT2D eigenvalue weighted by atomic mass is 10.1. The molecule has 0 saturated carbocycles. The van der Waals surface area contributed by atoms with Crippen molar-refractivity contribution in [1.29, 1.82) is 0 Å². The maximum absolute atomic E-state index is 11.4. The van der Waals surface area contributed by atoms with E-state index in [0.717, 1.165) is 12.8 Å². The Kier molecular flexibility index (Phi) is 6.08. The van der Waals surface area contributed by atoms with E-state index in [-0.39, 0.29) is 25.0 Å². The van der Waals surface area contributed by atoms with Crippen LogP contribution in [0.3, 0.4) is 0 Å². The zero-order valence-electron chi connectivity index (χ0n) is 10.0. The van der Waals surface area contributed by atoms with Gasteiger partial charge in [0.1, 0.15) is 13.2 Å². The Balaban J connectivity index is 2.11. The number of rotatable bonds is 7. The van der Waals surface area contributed by atoms with E-state index in [1.165, 1.54) is 30.6 Å². The topological polar surface area (TPSA) is 46.6 Å². The van der Waals surface area contributed by atoms with Crippen LogP contribution in [0.5, 0.6) is 0 Å². The summed E-state index contributed by atoms with van der Waals surface area (Å²) >= 11 is 0. The number of ether oxygens (including phenoxy) is 1. The van der Waals surface area contributed by atoms with E-state index in [4.69, 9.17) is 4.74 Å². The third-order valence-electron chi connectivity index (χ3n) is 2.79. The Hall–Kier alpha value is -0.900. The number of morpholine rings is 1. The minimum Gasteiger partial charge on any atom is -0.362 e. The van der Waals surface area contributed by atoms with Gasteiger partial charge in [0.25, 0.3) is 11.8 Å². The van der Waals surface area contributed by atoms with Crippen LogP contribution >= 0.6 is 0 Å².